The number of rotatable bonds is 5. The molecule has 5 heteroatoms. The second-order valence-electron chi connectivity index (χ2n) is 4.54. The molecule has 0 aliphatic heterocycles. The van der Waals surface area contributed by atoms with Gasteiger partial charge in [-0.2, -0.15) is 0 Å². The van der Waals surface area contributed by atoms with E-state index in [2.05, 4.69) is 0 Å². The molecule has 0 saturated heterocycles. The van der Waals surface area contributed by atoms with Crippen LogP contribution in [-0.2, 0) is 4.79 Å². The van der Waals surface area contributed by atoms with Gasteiger partial charge in [0, 0.05) is 18.2 Å². The van der Waals surface area contributed by atoms with Gasteiger partial charge >= 0.3 is 5.97 Å². The lowest BCUT2D eigenvalue weighted by Crippen LogP contribution is -2.39. The monoisotopic (exact) mass is 265 g/mol. The van der Waals surface area contributed by atoms with E-state index in [9.17, 15) is 14.7 Å². The molecular formula is C14H19NO4. The van der Waals surface area contributed by atoms with Crippen LogP contribution in [0.15, 0.2) is 18.2 Å². The number of carboxylic acids is 1. The summed E-state index contributed by atoms with van der Waals surface area (Å²) in [6.07, 6.45) is -0.0867. The third-order valence-corrected chi connectivity index (χ3v) is 3.05. The van der Waals surface area contributed by atoms with E-state index in [1.807, 2.05) is 6.92 Å². The van der Waals surface area contributed by atoms with Crippen LogP contribution in [0, 0.1) is 6.92 Å². The molecule has 0 saturated carbocycles. The maximum absolute atomic E-state index is 12.3. The Bertz CT molecular complexity index is 484. The second kappa shape index (κ2) is 6.22. The van der Waals surface area contributed by atoms with Crippen LogP contribution in [0.4, 0.5) is 0 Å². The summed E-state index contributed by atoms with van der Waals surface area (Å²) in [6.45, 7) is 5.67. The second-order valence-corrected chi connectivity index (χ2v) is 4.54. The number of nitrogens with zero attached hydrogens (tertiary/aromatic N) is 1. The molecule has 104 valence electrons. The minimum absolute atomic E-state index is 0.0867. The molecule has 2 N–H and O–H groups in total. The third-order valence-electron chi connectivity index (χ3n) is 3.05. The largest absolute Gasteiger partial charge is 0.508 e. The van der Waals surface area contributed by atoms with Gasteiger partial charge in [0.1, 0.15) is 5.75 Å². The molecule has 1 aromatic rings. The van der Waals surface area contributed by atoms with Gasteiger partial charge in [-0.1, -0.05) is 0 Å². The molecule has 19 heavy (non-hydrogen) atoms. The average molecular weight is 265 g/mol. The molecular weight excluding hydrogens is 246 g/mol. The van der Waals surface area contributed by atoms with E-state index in [0.717, 1.165) is 0 Å². The predicted octanol–water partition coefficient (Wildman–Crippen LogP) is 2.03. The molecule has 1 atom stereocenters. The number of aliphatic carboxylic acids is 1. The summed E-state index contributed by atoms with van der Waals surface area (Å²) in [7, 11) is 0. The van der Waals surface area contributed by atoms with Gasteiger partial charge in [0.25, 0.3) is 5.91 Å². The maximum atomic E-state index is 12.3. The molecule has 1 rings (SSSR count). The number of carbonyl (C=O) groups excluding carboxylic acids is 1. The lowest BCUT2D eigenvalue weighted by atomic mass is 10.1. The van der Waals surface area contributed by atoms with E-state index in [1.165, 1.54) is 11.0 Å². The predicted molar refractivity (Wildman–Crippen MR) is 71.3 cm³/mol. The van der Waals surface area contributed by atoms with Crippen molar-refractivity contribution in [3.05, 3.63) is 29.3 Å². The fraction of sp³-hybridized carbons (Fsp3) is 0.429. The SMILES string of the molecule is CCN(C(=O)c1ccc(O)c(C)c1)C(C)CC(=O)O. The van der Waals surface area contributed by atoms with Crippen LogP contribution >= 0.6 is 0 Å². The number of benzene rings is 1. The fourth-order valence-corrected chi connectivity index (χ4v) is 1.97. The number of amides is 1. The average Bonchev–Trinajstić information content (AvgIpc) is 2.32. The van der Waals surface area contributed by atoms with Crippen molar-refractivity contribution in [2.24, 2.45) is 0 Å². The number of phenols is 1. The number of hydrogen-bond donors (Lipinski definition) is 2. The highest BCUT2D eigenvalue weighted by molar-refractivity contribution is 5.95. The third kappa shape index (κ3) is 3.71. The minimum Gasteiger partial charge on any atom is -0.508 e. The van der Waals surface area contributed by atoms with Crippen molar-refractivity contribution in [3.63, 3.8) is 0 Å². The zero-order valence-corrected chi connectivity index (χ0v) is 11.4. The molecule has 0 heterocycles. The van der Waals surface area contributed by atoms with Gasteiger partial charge in [-0.25, -0.2) is 0 Å². The van der Waals surface area contributed by atoms with Crippen molar-refractivity contribution < 1.29 is 19.8 Å². The van der Waals surface area contributed by atoms with Crippen molar-refractivity contribution in [3.8, 4) is 5.75 Å². The first-order valence-corrected chi connectivity index (χ1v) is 6.19. The van der Waals surface area contributed by atoms with Gasteiger partial charge < -0.3 is 15.1 Å². The molecule has 5 nitrogen and oxygen atoms in total. The molecule has 0 aromatic heterocycles. The summed E-state index contributed by atoms with van der Waals surface area (Å²) in [5.41, 5.74) is 1.07. The lowest BCUT2D eigenvalue weighted by Gasteiger charge is -2.27. The summed E-state index contributed by atoms with van der Waals surface area (Å²) in [6, 6.07) is 4.25. The number of phenolic OH excluding ortho intramolecular Hbond substituents is 1. The van der Waals surface area contributed by atoms with Gasteiger partial charge in [0.2, 0.25) is 0 Å². The number of aromatic hydroxyl groups is 1. The van der Waals surface area contributed by atoms with E-state index >= 15 is 0 Å². The minimum atomic E-state index is -0.930. The van der Waals surface area contributed by atoms with Gasteiger partial charge in [-0.05, 0) is 44.5 Å². The fourth-order valence-electron chi connectivity index (χ4n) is 1.97. The van der Waals surface area contributed by atoms with E-state index in [4.69, 9.17) is 5.11 Å². The van der Waals surface area contributed by atoms with Crippen LogP contribution in [0.3, 0.4) is 0 Å². The normalized spacial score (nSPS) is 11.9. The van der Waals surface area contributed by atoms with Crippen LogP contribution in [-0.4, -0.2) is 39.6 Å². The van der Waals surface area contributed by atoms with Crippen molar-refractivity contribution in [1.82, 2.24) is 4.90 Å². The first-order valence-electron chi connectivity index (χ1n) is 6.19. The van der Waals surface area contributed by atoms with Gasteiger partial charge in [-0.15, -0.1) is 0 Å². The Morgan fingerprint density at radius 2 is 2.00 bits per heavy atom. The van der Waals surface area contributed by atoms with Crippen LogP contribution in [0.2, 0.25) is 0 Å². The Labute approximate surface area is 112 Å². The van der Waals surface area contributed by atoms with Gasteiger partial charge in [0.15, 0.2) is 0 Å². The molecule has 1 aromatic carbocycles. The summed E-state index contributed by atoms with van der Waals surface area (Å²) in [5.74, 6) is -1.02. The zero-order chi connectivity index (χ0) is 14.6. The number of carbonyl (C=O) groups is 2. The van der Waals surface area contributed by atoms with Crippen molar-refractivity contribution in [2.75, 3.05) is 6.54 Å². The van der Waals surface area contributed by atoms with Gasteiger partial charge in [0.05, 0.1) is 6.42 Å². The Morgan fingerprint density at radius 1 is 1.37 bits per heavy atom. The molecule has 0 aliphatic carbocycles. The Morgan fingerprint density at radius 3 is 2.47 bits per heavy atom. The Kier molecular flexibility index (Phi) is 4.92. The van der Waals surface area contributed by atoms with Crippen LogP contribution < -0.4 is 0 Å². The zero-order valence-electron chi connectivity index (χ0n) is 11.4. The molecule has 0 spiro atoms. The van der Waals surface area contributed by atoms with Crippen LogP contribution in [0.25, 0.3) is 0 Å². The first kappa shape index (κ1) is 15.0. The van der Waals surface area contributed by atoms with Crippen molar-refractivity contribution >= 4 is 11.9 Å². The van der Waals surface area contributed by atoms with E-state index in [-0.39, 0.29) is 24.1 Å². The summed E-state index contributed by atoms with van der Waals surface area (Å²) in [5, 5.41) is 18.2. The first-order chi connectivity index (χ1) is 8.86. The number of carboxylic acid groups (broad SMARTS) is 1. The van der Waals surface area contributed by atoms with E-state index < -0.39 is 5.97 Å². The maximum Gasteiger partial charge on any atom is 0.305 e. The van der Waals surface area contributed by atoms with Crippen molar-refractivity contribution in [2.45, 2.75) is 33.2 Å². The quantitative estimate of drug-likeness (QED) is 0.853. The molecule has 1 amide bonds. The molecule has 0 fully saturated rings. The summed E-state index contributed by atoms with van der Waals surface area (Å²) < 4.78 is 0. The lowest BCUT2D eigenvalue weighted by molar-refractivity contribution is -0.138. The highest BCUT2D eigenvalue weighted by Crippen LogP contribution is 2.19. The Hall–Kier alpha value is -2.04. The standard InChI is InChI=1S/C14H19NO4/c1-4-15(10(3)8-13(17)18)14(19)11-5-6-12(16)9(2)7-11/h5-7,10,16H,4,8H2,1-3H3,(H,17,18). The molecule has 1 unspecified atom stereocenters. The van der Waals surface area contributed by atoms with Crippen molar-refractivity contribution in [1.29, 1.82) is 0 Å². The molecule has 0 radical (unpaired) electrons. The van der Waals surface area contributed by atoms with E-state index in [0.29, 0.717) is 17.7 Å². The highest BCUT2D eigenvalue weighted by Gasteiger charge is 2.22. The summed E-state index contributed by atoms with van der Waals surface area (Å²) >= 11 is 0. The number of hydrogen-bond acceptors (Lipinski definition) is 3. The topological polar surface area (TPSA) is 77.8 Å². The Balaban J connectivity index is 2.94. The van der Waals surface area contributed by atoms with Gasteiger partial charge in [-0.3, -0.25) is 9.59 Å². The highest BCUT2D eigenvalue weighted by atomic mass is 16.4. The smallest absolute Gasteiger partial charge is 0.305 e. The summed E-state index contributed by atoms with van der Waals surface area (Å²) in [4.78, 5) is 24.5. The molecule has 0 bridgehead atoms. The van der Waals surface area contributed by atoms with E-state index in [1.54, 1.807) is 26.0 Å². The number of aryl methyl sites for hydroxylation is 1. The molecule has 0 aliphatic rings. The van der Waals surface area contributed by atoms with Crippen LogP contribution in [0.1, 0.15) is 36.2 Å². The van der Waals surface area contributed by atoms with Crippen LogP contribution in [0.5, 0.6) is 5.75 Å².